The van der Waals surface area contributed by atoms with Gasteiger partial charge in [-0.05, 0) is 31.0 Å². The maximum Gasteiger partial charge on any atom is 0.307 e. The van der Waals surface area contributed by atoms with Gasteiger partial charge in [-0.2, -0.15) is 0 Å². The molecule has 0 bridgehead atoms. The van der Waals surface area contributed by atoms with Gasteiger partial charge in [0.25, 0.3) is 0 Å². The van der Waals surface area contributed by atoms with Crippen LogP contribution in [-0.4, -0.2) is 24.0 Å². The van der Waals surface area contributed by atoms with E-state index in [9.17, 15) is 19.1 Å². The Morgan fingerprint density at radius 3 is 2.50 bits per heavy atom. The molecule has 1 fully saturated rings. The molecule has 1 aromatic rings. The van der Waals surface area contributed by atoms with Gasteiger partial charge in [0.15, 0.2) is 5.78 Å². The smallest absolute Gasteiger partial charge is 0.307 e. The van der Waals surface area contributed by atoms with Gasteiger partial charge >= 0.3 is 5.97 Å². The van der Waals surface area contributed by atoms with E-state index >= 15 is 0 Å². The molecule has 2 rings (SSSR count). The Morgan fingerprint density at radius 2 is 1.90 bits per heavy atom. The molecule has 2 atom stereocenters. The summed E-state index contributed by atoms with van der Waals surface area (Å²) >= 11 is 0. The number of halogens is 1. The molecule has 20 heavy (non-hydrogen) atoms. The van der Waals surface area contributed by atoms with Crippen LogP contribution < -0.4 is 4.74 Å². The summed E-state index contributed by atoms with van der Waals surface area (Å²) in [4.78, 5) is 23.8. The van der Waals surface area contributed by atoms with E-state index in [0.29, 0.717) is 12.8 Å². The van der Waals surface area contributed by atoms with E-state index in [1.165, 1.54) is 19.2 Å². The summed E-state index contributed by atoms with van der Waals surface area (Å²) in [6.45, 7) is 0. The molecule has 0 heterocycles. The van der Waals surface area contributed by atoms with Crippen LogP contribution in [0.5, 0.6) is 5.75 Å². The van der Waals surface area contributed by atoms with Gasteiger partial charge in [0, 0.05) is 5.92 Å². The van der Waals surface area contributed by atoms with Crippen LogP contribution in [0.2, 0.25) is 0 Å². The third-order valence-electron chi connectivity index (χ3n) is 3.85. The van der Waals surface area contributed by atoms with E-state index in [4.69, 9.17) is 4.74 Å². The molecule has 1 aliphatic carbocycles. The van der Waals surface area contributed by atoms with Gasteiger partial charge in [-0.15, -0.1) is 0 Å². The maximum atomic E-state index is 13.3. The zero-order valence-electron chi connectivity index (χ0n) is 11.3. The second-order valence-electron chi connectivity index (χ2n) is 5.04. The number of carbonyl (C=O) groups excluding carboxylic acids is 1. The summed E-state index contributed by atoms with van der Waals surface area (Å²) < 4.78 is 18.4. The second-order valence-corrected chi connectivity index (χ2v) is 5.04. The molecule has 1 N–H and O–H groups in total. The minimum Gasteiger partial charge on any atom is -0.496 e. The molecule has 5 heteroatoms. The van der Waals surface area contributed by atoms with E-state index in [1.54, 1.807) is 0 Å². The average Bonchev–Trinajstić information content (AvgIpc) is 2.46. The van der Waals surface area contributed by atoms with Crippen LogP contribution in [0, 0.1) is 17.7 Å². The number of carboxylic acids is 1. The molecular formula is C15H17FO4. The van der Waals surface area contributed by atoms with Crippen LogP contribution in [0.3, 0.4) is 0 Å². The number of benzene rings is 1. The van der Waals surface area contributed by atoms with Crippen molar-refractivity contribution in [1.29, 1.82) is 0 Å². The summed E-state index contributed by atoms with van der Waals surface area (Å²) in [5.74, 6) is -2.84. The van der Waals surface area contributed by atoms with Gasteiger partial charge in [0.2, 0.25) is 0 Å². The first-order chi connectivity index (χ1) is 9.54. The first kappa shape index (κ1) is 14.5. The minimum atomic E-state index is -0.960. The zero-order valence-corrected chi connectivity index (χ0v) is 11.3. The Balaban J connectivity index is 2.34. The highest BCUT2D eigenvalue weighted by molar-refractivity contribution is 6.02. The Bertz CT molecular complexity index is 527. The monoisotopic (exact) mass is 280 g/mol. The fourth-order valence-corrected chi connectivity index (χ4v) is 2.81. The molecule has 4 nitrogen and oxygen atoms in total. The highest BCUT2D eigenvalue weighted by Gasteiger charge is 2.37. The molecule has 0 saturated heterocycles. The predicted molar refractivity (Wildman–Crippen MR) is 70.4 cm³/mol. The third kappa shape index (κ3) is 2.81. The Morgan fingerprint density at radius 1 is 1.25 bits per heavy atom. The molecule has 0 spiro atoms. The number of aliphatic carboxylic acids is 1. The number of Topliss-reactive ketones (excluding diaryl/α,β-unsaturated/α-hetero) is 1. The standard InChI is InChI=1S/C15H17FO4/c1-20-13-7-6-9(16)8-12(13)14(17)10-4-2-3-5-11(10)15(18)19/h6-8,10-11H,2-5H2,1H3,(H,18,19). The Kier molecular flexibility index (Phi) is 4.37. The van der Waals surface area contributed by atoms with Gasteiger partial charge < -0.3 is 9.84 Å². The molecule has 108 valence electrons. The van der Waals surface area contributed by atoms with E-state index < -0.39 is 23.6 Å². The van der Waals surface area contributed by atoms with Crippen LogP contribution in [0.1, 0.15) is 36.0 Å². The fourth-order valence-electron chi connectivity index (χ4n) is 2.81. The van der Waals surface area contributed by atoms with Gasteiger partial charge in [0.1, 0.15) is 11.6 Å². The van der Waals surface area contributed by atoms with Crippen LogP contribution in [0.4, 0.5) is 4.39 Å². The number of methoxy groups -OCH3 is 1. The number of ether oxygens (including phenoxy) is 1. The molecule has 0 amide bonds. The molecule has 0 aliphatic heterocycles. The lowest BCUT2D eigenvalue weighted by molar-refractivity contribution is -0.144. The van der Waals surface area contributed by atoms with Crippen molar-refractivity contribution in [3.05, 3.63) is 29.6 Å². The molecule has 1 saturated carbocycles. The van der Waals surface area contributed by atoms with Crippen molar-refractivity contribution in [2.24, 2.45) is 11.8 Å². The van der Waals surface area contributed by atoms with Crippen molar-refractivity contribution in [2.75, 3.05) is 7.11 Å². The van der Waals surface area contributed by atoms with Crippen LogP contribution >= 0.6 is 0 Å². The lowest BCUT2D eigenvalue weighted by atomic mass is 9.75. The van der Waals surface area contributed by atoms with Gasteiger partial charge in [-0.1, -0.05) is 12.8 Å². The molecule has 0 aromatic heterocycles. The number of ketones is 1. The van der Waals surface area contributed by atoms with E-state index in [0.717, 1.165) is 18.9 Å². The molecule has 0 radical (unpaired) electrons. The Labute approximate surface area is 116 Å². The topological polar surface area (TPSA) is 63.6 Å². The SMILES string of the molecule is COc1ccc(F)cc1C(=O)C1CCCCC1C(=O)O. The quantitative estimate of drug-likeness (QED) is 0.861. The molecular weight excluding hydrogens is 263 g/mol. The van der Waals surface area contributed by atoms with E-state index in [2.05, 4.69) is 0 Å². The predicted octanol–water partition coefficient (Wildman–Crippen LogP) is 2.91. The number of carbonyl (C=O) groups is 2. The van der Waals surface area contributed by atoms with Gasteiger partial charge in [-0.3, -0.25) is 9.59 Å². The summed E-state index contributed by atoms with van der Waals surface area (Å²) in [7, 11) is 1.40. The number of hydrogen-bond donors (Lipinski definition) is 1. The van der Waals surface area contributed by atoms with Crippen molar-refractivity contribution in [1.82, 2.24) is 0 Å². The van der Waals surface area contributed by atoms with Crippen molar-refractivity contribution >= 4 is 11.8 Å². The van der Waals surface area contributed by atoms with Crippen LogP contribution in [0.15, 0.2) is 18.2 Å². The highest BCUT2D eigenvalue weighted by atomic mass is 19.1. The largest absolute Gasteiger partial charge is 0.496 e. The average molecular weight is 280 g/mol. The summed E-state index contributed by atoms with van der Waals surface area (Å²) in [5, 5.41) is 9.23. The molecule has 1 aromatic carbocycles. The lowest BCUT2D eigenvalue weighted by Gasteiger charge is -2.27. The number of hydrogen-bond acceptors (Lipinski definition) is 3. The molecule has 2 unspecified atom stereocenters. The Hall–Kier alpha value is -1.91. The first-order valence-electron chi connectivity index (χ1n) is 6.65. The number of rotatable bonds is 4. The first-order valence-corrected chi connectivity index (χ1v) is 6.65. The lowest BCUT2D eigenvalue weighted by Crippen LogP contribution is -2.33. The normalized spacial score (nSPS) is 22.3. The highest BCUT2D eigenvalue weighted by Crippen LogP contribution is 2.35. The summed E-state index contributed by atoms with van der Waals surface area (Å²) in [5.41, 5.74) is 0.130. The summed E-state index contributed by atoms with van der Waals surface area (Å²) in [6.07, 6.45) is 2.64. The maximum absolute atomic E-state index is 13.3. The van der Waals surface area contributed by atoms with Crippen molar-refractivity contribution in [2.45, 2.75) is 25.7 Å². The molecule has 1 aliphatic rings. The van der Waals surface area contributed by atoms with E-state index in [1.807, 2.05) is 0 Å². The number of carboxylic acid groups (broad SMARTS) is 1. The van der Waals surface area contributed by atoms with Crippen LogP contribution in [0.25, 0.3) is 0 Å². The third-order valence-corrected chi connectivity index (χ3v) is 3.85. The summed E-state index contributed by atoms with van der Waals surface area (Å²) in [6, 6.07) is 3.72. The zero-order chi connectivity index (χ0) is 14.7. The van der Waals surface area contributed by atoms with Crippen molar-refractivity contribution < 1.29 is 23.8 Å². The van der Waals surface area contributed by atoms with Gasteiger partial charge in [-0.25, -0.2) is 4.39 Å². The fraction of sp³-hybridized carbons (Fsp3) is 0.467. The van der Waals surface area contributed by atoms with Crippen molar-refractivity contribution in [3.8, 4) is 5.75 Å². The minimum absolute atomic E-state index is 0.130. The van der Waals surface area contributed by atoms with Crippen molar-refractivity contribution in [3.63, 3.8) is 0 Å². The second kappa shape index (κ2) is 6.03. The van der Waals surface area contributed by atoms with Gasteiger partial charge in [0.05, 0.1) is 18.6 Å². The van der Waals surface area contributed by atoms with Crippen LogP contribution in [-0.2, 0) is 4.79 Å². The van der Waals surface area contributed by atoms with E-state index in [-0.39, 0.29) is 17.1 Å².